The molecule has 0 unspecified atom stereocenters. The van der Waals surface area contributed by atoms with E-state index in [0.29, 0.717) is 10.0 Å². The summed E-state index contributed by atoms with van der Waals surface area (Å²) in [5.74, 6) is 0. The molecule has 1 aromatic rings. The SMILES string of the molecule is Nc1c(Cl)cc(Cl)c(Cl)c1Cl. The Morgan fingerprint density at radius 2 is 1.45 bits per heavy atom. The van der Waals surface area contributed by atoms with Gasteiger partial charge >= 0.3 is 0 Å². The zero-order chi connectivity index (χ0) is 8.59. The number of rotatable bonds is 0. The lowest BCUT2D eigenvalue weighted by atomic mass is 10.3. The first-order chi connectivity index (χ1) is 5.04. The van der Waals surface area contributed by atoms with E-state index in [0.717, 1.165) is 0 Å². The van der Waals surface area contributed by atoms with E-state index in [-0.39, 0.29) is 15.7 Å². The first-order valence-electron chi connectivity index (χ1n) is 2.62. The van der Waals surface area contributed by atoms with Crippen molar-refractivity contribution in [2.75, 3.05) is 5.73 Å². The zero-order valence-electron chi connectivity index (χ0n) is 5.17. The lowest BCUT2D eigenvalue weighted by molar-refractivity contribution is 1.67. The molecule has 1 nitrogen and oxygen atoms in total. The fourth-order valence-corrected chi connectivity index (χ4v) is 1.50. The summed E-state index contributed by atoms with van der Waals surface area (Å²) < 4.78 is 0. The van der Waals surface area contributed by atoms with Crippen LogP contribution in [0.3, 0.4) is 0 Å². The van der Waals surface area contributed by atoms with Crippen molar-refractivity contribution in [1.82, 2.24) is 0 Å². The third-order valence-electron chi connectivity index (χ3n) is 1.15. The Morgan fingerprint density at radius 3 is 2.00 bits per heavy atom. The van der Waals surface area contributed by atoms with Gasteiger partial charge in [-0.15, -0.1) is 0 Å². The summed E-state index contributed by atoms with van der Waals surface area (Å²) in [6.45, 7) is 0. The molecule has 11 heavy (non-hydrogen) atoms. The number of nitrogen functional groups attached to an aromatic ring is 1. The van der Waals surface area contributed by atoms with Crippen LogP contribution in [0.15, 0.2) is 6.07 Å². The summed E-state index contributed by atoms with van der Waals surface area (Å²) in [7, 11) is 0. The number of nitrogens with two attached hydrogens (primary N) is 1. The largest absolute Gasteiger partial charge is 0.396 e. The van der Waals surface area contributed by atoms with Crippen LogP contribution in [0, 0.1) is 0 Å². The molecule has 2 N–H and O–H groups in total. The summed E-state index contributed by atoms with van der Waals surface area (Å²) in [5, 5.41) is 1.04. The Morgan fingerprint density at radius 1 is 0.909 bits per heavy atom. The van der Waals surface area contributed by atoms with Gasteiger partial charge in [0.15, 0.2) is 0 Å². The quantitative estimate of drug-likeness (QED) is 0.409. The number of benzene rings is 1. The summed E-state index contributed by atoms with van der Waals surface area (Å²) in [5.41, 5.74) is 5.70. The summed E-state index contributed by atoms with van der Waals surface area (Å²) in [4.78, 5) is 0. The van der Waals surface area contributed by atoms with Gasteiger partial charge in [0.1, 0.15) is 0 Å². The van der Waals surface area contributed by atoms with Gasteiger partial charge in [0.25, 0.3) is 0 Å². The van der Waals surface area contributed by atoms with Crippen LogP contribution in [0.2, 0.25) is 20.1 Å². The Kier molecular flexibility index (Phi) is 2.76. The average Bonchev–Trinajstić information content (AvgIpc) is 1.97. The third-order valence-corrected chi connectivity index (χ3v) is 2.74. The predicted octanol–water partition coefficient (Wildman–Crippen LogP) is 3.88. The second kappa shape index (κ2) is 3.28. The molecule has 0 fully saturated rings. The fraction of sp³-hybridized carbons (Fsp3) is 0. The molecule has 60 valence electrons. The van der Waals surface area contributed by atoms with E-state index in [2.05, 4.69) is 0 Å². The highest BCUT2D eigenvalue weighted by atomic mass is 35.5. The van der Waals surface area contributed by atoms with Crippen LogP contribution in [0.5, 0.6) is 0 Å². The molecule has 0 spiro atoms. The van der Waals surface area contributed by atoms with Crippen LogP contribution in [0.4, 0.5) is 5.69 Å². The highest BCUT2D eigenvalue weighted by Crippen LogP contribution is 2.38. The minimum atomic E-state index is 0.198. The smallest absolute Gasteiger partial charge is 0.0852 e. The Balaban J connectivity index is 3.46. The number of anilines is 1. The maximum atomic E-state index is 5.66. The maximum absolute atomic E-state index is 5.66. The standard InChI is InChI=1S/C6H3Cl4N/c7-2-1-3(8)6(11)5(10)4(2)9/h1H,11H2. The topological polar surface area (TPSA) is 26.0 Å². The Bertz CT molecular complexity index is 271. The summed E-state index contributed by atoms with van der Waals surface area (Å²) in [6, 6.07) is 1.45. The Hall–Kier alpha value is 0.180. The molecular formula is C6H3Cl4N. The molecular weight excluding hydrogens is 228 g/mol. The summed E-state index contributed by atoms with van der Waals surface area (Å²) >= 11 is 22.6. The van der Waals surface area contributed by atoms with Crippen LogP contribution in [0.1, 0.15) is 0 Å². The van der Waals surface area contributed by atoms with Crippen LogP contribution in [0.25, 0.3) is 0 Å². The van der Waals surface area contributed by atoms with Gasteiger partial charge in [0.2, 0.25) is 0 Å². The molecule has 0 aliphatic carbocycles. The fourth-order valence-electron chi connectivity index (χ4n) is 0.580. The van der Waals surface area contributed by atoms with Gasteiger partial charge in [0, 0.05) is 0 Å². The molecule has 0 bridgehead atoms. The normalized spacial score (nSPS) is 10.2. The van der Waals surface area contributed by atoms with Gasteiger partial charge in [-0.1, -0.05) is 46.4 Å². The lowest BCUT2D eigenvalue weighted by Crippen LogP contribution is -1.88. The van der Waals surface area contributed by atoms with E-state index in [9.17, 15) is 0 Å². The zero-order valence-corrected chi connectivity index (χ0v) is 8.19. The summed E-state index contributed by atoms with van der Waals surface area (Å²) in [6.07, 6.45) is 0. The molecule has 1 aromatic carbocycles. The monoisotopic (exact) mass is 229 g/mol. The number of halogens is 4. The van der Waals surface area contributed by atoms with E-state index in [1.165, 1.54) is 6.07 Å². The van der Waals surface area contributed by atoms with E-state index in [4.69, 9.17) is 52.1 Å². The molecule has 0 aliphatic rings. The van der Waals surface area contributed by atoms with Gasteiger partial charge in [-0.2, -0.15) is 0 Å². The number of hydrogen-bond acceptors (Lipinski definition) is 1. The van der Waals surface area contributed by atoms with E-state index in [1.54, 1.807) is 0 Å². The van der Waals surface area contributed by atoms with Gasteiger partial charge in [0.05, 0.1) is 25.8 Å². The van der Waals surface area contributed by atoms with Crippen molar-refractivity contribution in [2.45, 2.75) is 0 Å². The van der Waals surface area contributed by atoms with Crippen LogP contribution < -0.4 is 5.73 Å². The molecule has 0 aromatic heterocycles. The lowest BCUT2D eigenvalue weighted by Gasteiger charge is -2.03. The molecule has 5 heteroatoms. The van der Waals surface area contributed by atoms with Gasteiger partial charge < -0.3 is 5.73 Å². The maximum Gasteiger partial charge on any atom is 0.0852 e. The third kappa shape index (κ3) is 1.67. The Labute approximate surface area is 84.0 Å². The second-order valence-electron chi connectivity index (χ2n) is 1.88. The van der Waals surface area contributed by atoms with E-state index in [1.807, 2.05) is 0 Å². The first-order valence-corrected chi connectivity index (χ1v) is 4.13. The molecule has 0 atom stereocenters. The minimum absolute atomic E-state index is 0.198. The number of hydrogen-bond donors (Lipinski definition) is 1. The van der Waals surface area contributed by atoms with Crippen molar-refractivity contribution in [3.8, 4) is 0 Å². The van der Waals surface area contributed by atoms with Crippen molar-refractivity contribution in [2.24, 2.45) is 0 Å². The van der Waals surface area contributed by atoms with Gasteiger partial charge in [-0.25, -0.2) is 0 Å². The van der Waals surface area contributed by atoms with Crippen molar-refractivity contribution in [3.63, 3.8) is 0 Å². The van der Waals surface area contributed by atoms with Crippen molar-refractivity contribution < 1.29 is 0 Å². The highest BCUT2D eigenvalue weighted by Gasteiger charge is 2.09. The molecule has 0 saturated carbocycles. The van der Waals surface area contributed by atoms with Crippen molar-refractivity contribution in [1.29, 1.82) is 0 Å². The molecule has 0 heterocycles. The highest BCUT2D eigenvalue weighted by molar-refractivity contribution is 6.50. The molecule has 0 aliphatic heterocycles. The van der Waals surface area contributed by atoms with Crippen molar-refractivity contribution >= 4 is 52.1 Å². The molecule has 0 radical (unpaired) electrons. The molecule has 1 rings (SSSR count). The van der Waals surface area contributed by atoms with Gasteiger partial charge in [-0.3, -0.25) is 0 Å². The average molecular weight is 231 g/mol. The van der Waals surface area contributed by atoms with Crippen LogP contribution in [-0.4, -0.2) is 0 Å². The predicted molar refractivity (Wildman–Crippen MR) is 50.9 cm³/mol. The molecule has 0 saturated heterocycles. The van der Waals surface area contributed by atoms with Crippen LogP contribution >= 0.6 is 46.4 Å². The second-order valence-corrected chi connectivity index (χ2v) is 3.45. The molecule has 0 amide bonds. The van der Waals surface area contributed by atoms with Crippen LogP contribution in [-0.2, 0) is 0 Å². The van der Waals surface area contributed by atoms with Crippen molar-refractivity contribution in [3.05, 3.63) is 26.2 Å². The first kappa shape index (κ1) is 9.27. The van der Waals surface area contributed by atoms with E-state index < -0.39 is 0 Å². The van der Waals surface area contributed by atoms with E-state index >= 15 is 0 Å². The minimum Gasteiger partial charge on any atom is -0.396 e. The van der Waals surface area contributed by atoms with Gasteiger partial charge in [-0.05, 0) is 6.07 Å².